The number of amides is 1. The summed E-state index contributed by atoms with van der Waals surface area (Å²) in [5.74, 6) is 0.0548. The van der Waals surface area contributed by atoms with Gasteiger partial charge in [0, 0.05) is 11.8 Å². The molecule has 3 aromatic rings. The van der Waals surface area contributed by atoms with Crippen molar-refractivity contribution < 1.29 is 23.8 Å². The van der Waals surface area contributed by atoms with Gasteiger partial charge in [-0.2, -0.15) is 0 Å². The first-order valence-corrected chi connectivity index (χ1v) is 9.41. The number of carbonyl (C=O) groups excluding carboxylic acids is 2. The molecule has 0 heterocycles. The van der Waals surface area contributed by atoms with Gasteiger partial charge in [-0.25, -0.2) is 4.79 Å². The Balaban J connectivity index is 1.61. The summed E-state index contributed by atoms with van der Waals surface area (Å²) in [6.07, 6.45) is 0.601. The third-order valence-electron chi connectivity index (χ3n) is 4.48. The van der Waals surface area contributed by atoms with Crippen molar-refractivity contribution in [1.29, 1.82) is 0 Å². The lowest BCUT2D eigenvalue weighted by molar-refractivity contribution is -0.119. The first-order valence-electron chi connectivity index (χ1n) is 9.41. The summed E-state index contributed by atoms with van der Waals surface area (Å²) in [5, 5.41) is 2.68. The van der Waals surface area contributed by atoms with Crippen molar-refractivity contribution in [3.8, 4) is 11.5 Å². The van der Waals surface area contributed by atoms with Crippen LogP contribution in [-0.4, -0.2) is 32.7 Å². The summed E-state index contributed by atoms with van der Waals surface area (Å²) in [7, 11) is 3.04. The van der Waals surface area contributed by atoms with E-state index in [1.54, 1.807) is 30.3 Å². The third kappa shape index (κ3) is 5.38. The van der Waals surface area contributed by atoms with Gasteiger partial charge in [-0.1, -0.05) is 48.5 Å². The molecule has 0 unspecified atom stereocenters. The first-order chi connectivity index (χ1) is 14.6. The van der Waals surface area contributed by atoms with E-state index in [-0.39, 0.29) is 0 Å². The molecule has 0 aliphatic rings. The van der Waals surface area contributed by atoms with Crippen molar-refractivity contribution in [3.63, 3.8) is 0 Å². The molecule has 6 nitrogen and oxygen atoms in total. The standard InChI is InChI=1S/C24H23NO5/c1-28-21-13-12-19(15-22(21)29-2)25-23(26)16-30-24(27)20-11-7-6-10-18(20)14-17-8-4-3-5-9-17/h3-13,15H,14,16H2,1-2H3,(H,25,26). The second kappa shape index (κ2) is 10.1. The van der Waals surface area contributed by atoms with Crippen molar-refractivity contribution in [3.05, 3.63) is 89.5 Å². The van der Waals surface area contributed by atoms with Gasteiger partial charge in [-0.15, -0.1) is 0 Å². The Morgan fingerprint density at radius 1 is 0.833 bits per heavy atom. The van der Waals surface area contributed by atoms with E-state index >= 15 is 0 Å². The second-order valence-electron chi connectivity index (χ2n) is 6.51. The minimum atomic E-state index is -0.538. The molecular weight excluding hydrogens is 382 g/mol. The molecule has 0 saturated heterocycles. The van der Waals surface area contributed by atoms with Crippen LogP contribution in [0, 0.1) is 0 Å². The van der Waals surface area contributed by atoms with Gasteiger partial charge in [0.25, 0.3) is 5.91 Å². The summed E-state index contributed by atoms with van der Waals surface area (Å²) in [5.41, 5.74) is 2.89. The molecule has 0 aromatic heterocycles. The fraction of sp³-hybridized carbons (Fsp3) is 0.167. The predicted octanol–water partition coefficient (Wildman–Crippen LogP) is 4.09. The van der Waals surface area contributed by atoms with Crippen LogP contribution >= 0.6 is 0 Å². The van der Waals surface area contributed by atoms with E-state index in [1.807, 2.05) is 42.5 Å². The molecular formula is C24H23NO5. The topological polar surface area (TPSA) is 73.9 Å². The van der Waals surface area contributed by atoms with Crippen LogP contribution in [0.1, 0.15) is 21.5 Å². The van der Waals surface area contributed by atoms with Crippen molar-refractivity contribution in [2.75, 3.05) is 26.1 Å². The molecule has 1 N–H and O–H groups in total. The van der Waals surface area contributed by atoms with Crippen LogP contribution in [0.4, 0.5) is 5.69 Å². The van der Waals surface area contributed by atoms with E-state index in [2.05, 4.69) is 5.32 Å². The Kier molecular flexibility index (Phi) is 7.05. The molecule has 0 bridgehead atoms. The van der Waals surface area contributed by atoms with Gasteiger partial charge in [0.15, 0.2) is 18.1 Å². The molecule has 30 heavy (non-hydrogen) atoms. The highest BCUT2D eigenvalue weighted by atomic mass is 16.5. The van der Waals surface area contributed by atoms with Gasteiger partial charge in [-0.3, -0.25) is 4.79 Å². The number of methoxy groups -OCH3 is 2. The number of esters is 1. The van der Waals surface area contributed by atoms with Crippen LogP contribution in [0.15, 0.2) is 72.8 Å². The lowest BCUT2D eigenvalue weighted by Gasteiger charge is -2.12. The number of hydrogen-bond donors (Lipinski definition) is 1. The van der Waals surface area contributed by atoms with Gasteiger partial charge in [0.05, 0.1) is 19.8 Å². The Bertz CT molecular complexity index is 1020. The predicted molar refractivity (Wildman–Crippen MR) is 114 cm³/mol. The van der Waals surface area contributed by atoms with Crippen molar-refractivity contribution in [2.24, 2.45) is 0 Å². The number of rotatable bonds is 8. The molecule has 0 aliphatic carbocycles. The zero-order chi connectivity index (χ0) is 21.3. The summed E-state index contributed by atoms with van der Waals surface area (Å²) in [6.45, 7) is -0.396. The normalized spacial score (nSPS) is 10.2. The average molecular weight is 405 g/mol. The van der Waals surface area contributed by atoms with Crippen LogP contribution in [-0.2, 0) is 16.0 Å². The number of benzene rings is 3. The Morgan fingerprint density at radius 2 is 1.53 bits per heavy atom. The van der Waals surface area contributed by atoms with E-state index < -0.39 is 18.5 Å². The lowest BCUT2D eigenvalue weighted by atomic mass is 10.00. The van der Waals surface area contributed by atoms with Gasteiger partial charge >= 0.3 is 5.97 Å². The summed E-state index contributed by atoms with van der Waals surface area (Å²) in [6, 6.07) is 22.1. The molecule has 154 valence electrons. The molecule has 0 saturated carbocycles. The van der Waals surface area contributed by atoms with Gasteiger partial charge in [-0.05, 0) is 35.7 Å². The summed E-state index contributed by atoms with van der Waals surface area (Å²) < 4.78 is 15.6. The number of anilines is 1. The fourth-order valence-electron chi connectivity index (χ4n) is 3.01. The maximum atomic E-state index is 12.6. The van der Waals surface area contributed by atoms with Gasteiger partial charge < -0.3 is 19.5 Å². The minimum absolute atomic E-state index is 0.396. The highest BCUT2D eigenvalue weighted by Crippen LogP contribution is 2.29. The molecule has 1 amide bonds. The van der Waals surface area contributed by atoms with E-state index in [9.17, 15) is 9.59 Å². The van der Waals surface area contributed by atoms with Gasteiger partial charge in [0.2, 0.25) is 0 Å². The third-order valence-corrected chi connectivity index (χ3v) is 4.48. The van der Waals surface area contributed by atoms with Crippen LogP contribution < -0.4 is 14.8 Å². The molecule has 0 atom stereocenters. The SMILES string of the molecule is COc1ccc(NC(=O)COC(=O)c2ccccc2Cc2ccccc2)cc1OC. The molecule has 0 radical (unpaired) electrons. The zero-order valence-corrected chi connectivity index (χ0v) is 16.9. The molecule has 0 fully saturated rings. The van der Waals surface area contributed by atoms with E-state index in [0.717, 1.165) is 11.1 Å². The summed E-state index contributed by atoms with van der Waals surface area (Å²) >= 11 is 0. The van der Waals surface area contributed by atoms with Crippen molar-refractivity contribution in [2.45, 2.75) is 6.42 Å². The highest BCUT2D eigenvalue weighted by Gasteiger charge is 2.15. The first kappa shape index (κ1) is 20.9. The minimum Gasteiger partial charge on any atom is -0.493 e. The largest absolute Gasteiger partial charge is 0.493 e. The highest BCUT2D eigenvalue weighted by molar-refractivity contribution is 5.96. The lowest BCUT2D eigenvalue weighted by Crippen LogP contribution is -2.21. The molecule has 3 aromatic carbocycles. The quantitative estimate of drug-likeness (QED) is 0.572. The number of carbonyl (C=O) groups is 2. The fourth-order valence-corrected chi connectivity index (χ4v) is 3.01. The van der Waals surface area contributed by atoms with E-state index in [1.165, 1.54) is 14.2 Å². The molecule has 0 aliphatic heterocycles. The van der Waals surface area contributed by atoms with Crippen LogP contribution in [0.3, 0.4) is 0 Å². The molecule has 3 rings (SSSR count). The molecule has 0 spiro atoms. The van der Waals surface area contributed by atoms with E-state index in [0.29, 0.717) is 29.2 Å². The number of hydrogen-bond acceptors (Lipinski definition) is 5. The van der Waals surface area contributed by atoms with E-state index in [4.69, 9.17) is 14.2 Å². The maximum Gasteiger partial charge on any atom is 0.338 e. The maximum absolute atomic E-state index is 12.6. The van der Waals surface area contributed by atoms with Crippen LogP contribution in [0.2, 0.25) is 0 Å². The number of nitrogens with one attached hydrogen (secondary N) is 1. The Morgan fingerprint density at radius 3 is 2.27 bits per heavy atom. The van der Waals surface area contributed by atoms with Crippen molar-refractivity contribution in [1.82, 2.24) is 0 Å². The average Bonchev–Trinajstić information content (AvgIpc) is 2.78. The smallest absolute Gasteiger partial charge is 0.338 e. The number of ether oxygens (including phenoxy) is 3. The summed E-state index contributed by atoms with van der Waals surface area (Å²) in [4.78, 5) is 24.8. The van der Waals surface area contributed by atoms with Gasteiger partial charge in [0.1, 0.15) is 0 Å². The van der Waals surface area contributed by atoms with Crippen LogP contribution in [0.25, 0.3) is 0 Å². The Labute approximate surface area is 175 Å². The Hall–Kier alpha value is -3.80. The van der Waals surface area contributed by atoms with Crippen molar-refractivity contribution >= 4 is 17.6 Å². The second-order valence-corrected chi connectivity index (χ2v) is 6.51. The molecule has 6 heteroatoms. The van der Waals surface area contributed by atoms with Crippen LogP contribution in [0.5, 0.6) is 11.5 Å². The monoisotopic (exact) mass is 405 g/mol. The zero-order valence-electron chi connectivity index (χ0n) is 16.9.